The summed E-state index contributed by atoms with van der Waals surface area (Å²) in [6.07, 6.45) is 0. The zero-order valence-electron chi connectivity index (χ0n) is 12.4. The molecule has 1 aromatic heterocycles. The molecular weight excluding hydrogens is 348 g/mol. The number of aromatic nitrogens is 1. The van der Waals surface area contributed by atoms with Gasteiger partial charge in [-0.2, -0.15) is 0 Å². The number of nitrogens with one attached hydrogen (secondary N) is 2. The molecule has 0 spiro atoms. The minimum atomic E-state index is -1.10. The number of nitro groups is 1. The van der Waals surface area contributed by atoms with E-state index in [0.717, 1.165) is 11.3 Å². The number of nitrogens with zero attached hydrogens (tertiary/aromatic N) is 2. The van der Waals surface area contributed by atoms with Crippen LogP contribution in [0.4, 0.5) is 21.3 Å². The van der Waals surface area contributed by atoms with Crippen molar-refractivity contribution in [2.45, 2.75) is 0 Å². The molecule has 126 valence electrons. The van der Waals surface area contributed by atoms with Crippen LogP contribution in [0.3, 0.4) is 0 Å². The van der Waals surface area contributed by atoms with Crippen molar-refractivity contribution in [1.82, 2.24) is 4.98 Å². The van der Waals surface area contributed by atoms with Gasteiger partial charge in [0.2, 0.25) is 0 Å². The molecular formula is C15H10N4O5S. The second-order valence-corrected chi connectivity index (χ2v) is 5.92. The lowest BCUT2D eigenvalue weighted by molar-refractivity contribution is -0.384. The summed E-state index contributed by atoms with van der Waals surface area (Å²) in [5.41, 5.74) is 0.829. The monoisotopic (exact) mass is 358 g/mol. The van der Waals surface area contributed by atoms with Crippen LogP contribution >= 0.6 is 11.3 Å². The number of urea groups is 1. The molecule has 0 saturated carbocycles. The number of carbonyl (C=O) groups excluding carboxylic acids is 1. The van der Waals surface area contributed by atoms with Crippen LogP contribution in [-0.2, 0) is 0 Å². The van der Waals surface area contributed by atoms with Crippen molar-refractivity contribution >= 4 is 50.1 Å². The van der Waals surface area contributed by atoms with Gasteiger partial charge in [0.25, 0.3) is 5.69 Å². The van der Waals surface area contributed by atoms with Crippen molar-refractivity contribution < 1.29 is 19.6 Å². The topological polar surface area (TPSA) is 134 Å². The number of carboxylic acids is 1. The SMILES string of the molecule is O=C(Nc1cccc(C(=O)O)c1)Nc1nc2ccc([N+](=O)[O-])cc2s1. The minimum Gasteiger partial charge on any atom is -0.478 e. The van der Waals surface area contributed by atoms with Gasteiger partial charge in [-0.25, -0.2) is 14.6 Å². The molecule has 1 heterocycles. The molecule has 0 aliphatic heterocycles. The van der Waals surface area contributed by atoms with Crippen molar-refractivity contribution in [3.63, 3.8) is 0 Å². The highest BCUT2D eigenvalue weighted by Gasteiger charge is 2.12. The van der Waals surface area contributed by atoms with Crippen LogP contribution in [0, 0.1) is 10.1 Å². The number of hydrogen-bond donors (Lipinski definition) is 3. The Morgan fingerprint density at radius 1 is 1.16 bits per heavy atom. The number of non-ortho nitro benzene ring substituents is 1. The first-order valence-electron chi connectivity index (χ1n) is 6.89. The van der Waals surface area contributed by atoms with E-state index in [1.54, 1.807) is 6.07 Å². The van der Waals surface area contributed by atoms with Crippen molar-refractivity contribution in [2.75, 3.05) is 10.6 Å². The number of hydrogen-bond acceptors (Lipinski definition) is 6. The van der Waals surface area contributed by atoms with Crippen LogP contribution in [0.5, 0.6) is 0 Å². The molecule has 0 fully saturated rings. The summed E-state index contributed by atoms with van der Waals surface area (Å²) < 4.78 is 0.567. The first kappa shape index (κ1) is 16.3. The Morgan fingerprint density at radius 3 is 2.68 bits per heavy atom. The molecule has 2 aromatic carbocycles. The molecule has 9 nitrogen and oxygen atoms in total. The summed E-state index contributed by atoms with van der Waals surface area (Å²) in [6.45, 7) is 0. The summed E-state index contributed by atoms with van der Waals surface area (Å²) in [4.78, 5) is 37.4. The van der Waals surface area contributed by atoms with Gasteiger partial charge in [0.15, 0.2) is 5.13 Å². The third kappa shape index (κ3) is 3.70. The molecule has 0 bridgehead atoms. The second-order valence-electron chi connectivity index (χ2n) is 4.89. The van der Waals surface area contributed by atoms with E-state index in [-0.39, 0.29) is 16.4 Å². The van der Waals surface area contributed by atoms with Crippen molar-refractivity contribution in [3.8, 4) is 0 Å². The number of rotatable bonds is 4. The smallest absolute Gasteiger partial charge is 0.335 e. The molecule has 0 aliphatic rings. The highest BCUT2D eigenvalue weighted by atomic mass is 32.1. The summed E-state index contributed by atoms with van der Waals surface area (Å²) in [5, 5.41) is 25.0. The Bertz CT molecular complexity index is 1000. The van der Waals surface area contributed by atoms with Gasteiger partial charge < -0.3 is 10.4 Å². The van der Waals surface area contributed by atoms with Crippen LogP contribution in [-0.4, -0.2) is 27.0 Å². The standard InChI is InChI=1S/C15H10N4O5S/c20-13(21)8-2-1-3-9(6-8)16-14(22)18-15-17-11-5-4-10(19(23)24)7-12(11)25-15/h1-7H,(H,20,21)(H2,16,17,18,22). The molecule has 3 rings (SSSR count). The Hall–Kier alpha value is -3.53. The van der Waals surface area contributed by atoms with E-state index >= 15 is 0 Å². The molecule has 2 amide bonds. The van der Waals surface area contributed by atoms with Gasteiger partial charge in [0.05, 0.1) is 20.7 Å². The zero-order valence-corrected chi connectivity index (χ0v) is 13.2. The predicted molar refractivity (Wildman–Crippen MR) is 92.3 cm³/mol. The number of anilines is 2. The zero-order chi connectivity index (χ0) is 18.0. The van der Waals surface area contributed by atoms with Crippen LogP contribution in [0.2, 0.25) is 0 Å². The van der Waals surface area contributed by atoms with E-state index in [4.69, 9.17) is 5.11 Å². The maximum Gasteiger partial charge on any atom is 0.335 e. The van der Waals surface area contributed by atoms with Crippen molar-refractivity contribution in [2.24, 2.45) is 0 Å². The van der Waals surface area contributed by atoms with Gasteiger partial charge in [-0.05, 0) is 24.3 Å². The lowest BCUT2D eigenvalue weighted by atomic mass is 10.2. The molecule has 0 radical (unpaired) electrons. The van der Waals surface area contributed by atoms with Gasteiger partial charge in [-0.15, -0.1) is 0 Å². The van der Waals surface area contributed by atoms with Gasteiger partial charge in [0.1, 0.15) is 0 Å². The number of amides is 2. The first-order chi connectivity index (χ1) is 11.9. The summed E-state index contributed by atoms with van der Waals surface area (Å²) in [5.74, 6) is -1.10. The molecule has 0 aliphatic carbocycles. The Kier molecular flexibility index (Phi) is 4.27. The maximum atomic E-state index is 12.0. The maximum absolute atomic E-state index is 12.0. The number of carboxylic acid groups (broad SMARTS) is 1. The Labute approximate surface area is 144 Å². The van der Waals surface area contributed by atoms with Crippen molar-refractivity contribution in [1.29, 1.82) is 0 Å². The van der Waals surface area contributed by atoms with E-state index in [9.17, 15) is 19.7 Å². The molecule has 0 unspecified atom stereocenters. The van der Waals surface area contributed by atoms with Gasteiger partial charge >= 0.3 is 12.0 Å². The van der Waals surface area contributed by atoms with Gasteiger partial charge in [-0.1, -0.05) is 17.4 Å². The first-order valence-corrected chi connectivity index (χ1v) is 7.70. The predicted octanol–water partition coefficient (Wildman–Crippen LogP) is 3.55. The molecule has 3 N–H and O–H groups in total. The average molecular weight is 358 g/mol. The van der Waals surface area contributed by atoms with Crippen LogP contribution in [0.25, 0.3) is 10.2 Å². The van der Waals surface area contributed by atoms with E-state index < -0.39 is 16.9 Å². The fourth-order valence-corrected chi connectivity index (χ4v) is 2.96. The van der Waals surface area contributed by atoms with Crippen LogP contribution in [0.1, 0.15) is 10.4 Å². The molecule has 0 atom stereocenters. The molecule has 10 heteroatoms. The fourth-order valence-electron chi connectivity index (χ4n) is 2.07. The second kappa shape index (κ2) is 6.53. The van der Waals surface area contributed by atoms with E-state index in [2.05, 4.69) is 15.6 Å². The Morgan fingerprint density at radius 2 is 1.96 bits per heavy atom. The number of carbonyl (C=O) groups is 2. The highest BCUT2D eigenvalue weighted by Crippen LogP contribution is 2.29. The van der Waals surface area contributed by atoms with Gasteiger partial charge in [-0.3, -0.25) is 15.4 Å². The quantitative estimate of drug-likeness (QED) is 0.482. The molecule has 0 saturated heterocycles. The van der Waals surface area contributed by atoms with Crippen LogP contribution < -0.4 is 10.6 Å². The van der Waals surface area contributed by atoms with Crippen LogP contribution in [0.15, 0.2) is 42.5 Å². The number of benzene rings is 2. The third-order valence-electron chi connectivity index (χ3n) is 3.17. The normalized spacial score (nSPS) is 10.4. The highest BCUT2D eigenvalue weighted by molar-refractivity contribution is 7.22. The average Bonchev–Trinajstić information content (AvgIpc) is 2.95. The third-order valence-corrected chi connectivity index (χ3v) is 4.10. The largest absolute Gasteiger partial charge is 0.478 e. The van der Waals surface area contributed by atoms with E-state index in [1.807, 2.05) is 0 Å². The Balaban J connectivity index is 1.74. The van der Waals surface area contributed by atoms with Crippen molar-refractivity contribution in [3.05, 3.63) is 58.1 Å². The lowest BCUT2D eigenvalue weighted by Gasteiger charge is -2.05. The lowest BCUT2D eigenvalue weighted by Crippen LogP contribution is -2.19. The molecule has 3 aromatic rings. The van der Waals surface area contributed by atoms with E-state index in [0.29, 0.717) is 15.9 Å². The summed E-state index contributed by atoms with van der Waals surface area (Å²) >= 11 is 1.09. The number of fused-ring (bicyclic) bond motifs is 1. The molecule has 25 heavy (non-hydrogen) atoms. The number of thiazole rings is 1. The minimum absolute atomic E-state index is 0.0464. The summed E-state index contributed by atoms with van der Waals surface area (Å²) in [6, 6.07) is 9.41. The number of aromatic carboxylic acids is 1. The van der Waals surface area contributed by atoms with Gasteiger partial charge in [0, 0.05) is 17.8 Å². The number of nitro benzene ring substituents is 1. The fraction of sp³-hybridized carbons (Fsp3) is 0. The van der Waals surface area contributed by atoms with E-state index in [1.165, 1.54) is 36.4 Å². The summed E-state index contributed by atoms with van der Waals surface area (Å²) in [7, 11) is 0.